The average Bonchev–Trinajstić information content (AvgIpc) is 2.42. The quantitative estimate of drug-likeness (QED) is 0.677. The second kappa shape index (κ2) is 5.83. The van der Waals surface area contributed by atoms with Gasteiger partial charge >= 0.3 is 0 Å². The summed E-state index contributed by atoms with van der Waals surface area (Å²) in [6.45, 7) is 0. The van der Waals surface area contributed by atoms with Gasteiger partial charge in [0, 0.05) is 13.1 Å². The minimum Gasteiger partial charge on any atom is -0.439 e. The highest BCUT2D eigenvalue weighted by Gasteiger charge is 2.12. The SMILES string of the molecule is CNc1cc([N+](=O)[O-])cc(Oc2ccc(Br)c(F)c2)n1. The number of pyridine rings is 1. The van der Waals surface area contributed by atoms with Crippen LogP contribution in [0.15, 0.2) is 34.8 Å². The van der Waals surface area contributed by atoms with E-state index in [2.05, 4.69) is 26.2 Å². The van der Waals surface area contributed by atoms with Crippen LogP contribution in [0.5, 0.6) is 11.6 Å². The Morgan fingerprint density at radius 1 is 1.40 bits per heavy atom. The van der Waals surface area contributed by atoms with Crippen molar-refractivity contribution in [3.63, 3.8) is 0 Å². The molecule has 0 saturated carbocycles. The fourth-order valence-corrected chi connectivity index (χ4v) is 1.68. The van der Waals surface area contributed by atoms with Gasteiger partial charge in [0.1, 0.15) is 17.4 Å². The highest BCUT2D eigenvalue weighted by atomic mass is 79.9. The van der Waals surface area contributed by atoms with Crippen molar-refractivity contribution in [3.8, 4) is 11.6 Å². The summed E-state index contributed by atoms with van der Waals surface area (Å²) < 4.78 is 19.0. The van der Waals surface area contributed by atoms with Crippen molar-refractivity contribution in [2.45, 2.75) is 0 Å². The first-order chi connectivity index (χ1) is 9.49. The van der Waals surface area contributed by atoms with Crippen LogP contribution in [-0.2, 0) is 0 Å². The monoisotopic (exact) mass is 341 g/mol. The number of rotatable bonds is 4. The topological polar surface area (TPSA) is 77.3 Å². The van der Waals surface area contributed by atoms with Crippen LogP contribution in [0.2, 0.25) is 0 Å². The molecule has 1 heterocycles. The number of halogens is 2. The molecule has 104 valence electrons. The Bertz CT molecular complexity index is 666. The molecule has 6 nitrogen and oxygen atoms in total. The average molecular weight is 342 g/mol. The van der Waals surface area contributed by atoms with Gasteiger partial charge in [0.15, 0.2) is 0 Å². The van der Waals surface area contributed by atoms with Crippen LogP contribution in [0.25, 0.3) is 0 Å². The third kappa shape index (κ3) is 3.21. The second-order valence-corrected chi connectivity index (χ2v) is 4.59. The molecule has 2 rings (SSSR count). The zero-order chi connectivity index (χ0) is 14.7. The maximum atomic E-state index is 13.4. The summed E-state index contributed by atoms with van der Waals surface area (Å²) in [5, 5.41) is 13.5. The molecule has 0 spiro atoms. The van der Waals surface area contributed by atoms with E-state index in [0.29, 0.717) is 4.47 Å². The van der Waals surface area contributed by atoms with E-state index in [-0.39, 0.29) is 23.1 Å². The number of nitrogens with zero attached hydrogens (tertiary/aromatic N) is 2. The molecule has 0 bridgehead atoms. The molecule has 0 fully saturated rings. The minimum atomic E-state index is -0.558. The van der Waals surface area contributed by atoms with Crippen LogP contribution in [0.4, 0.5) is 15.9 Å². The van der Waals surface area contributed by atoms with E-state index in [9.17, 15) is 14.5 Å². The van der Waals surface area contributed by atoms with E-state index < -0.39 is 10.7 Å². The van der Waals surface area contributed by atoms with Crippen LogP contribution in [0.1, 0.15) is 0 Å². The van der Waals surface area contributed by atoms with Gasteiger partial charge in [0.2, 0.25) is 5.88 Å². The molecule has 0 aliphatic carbocycles. The number of ether oxygens (including phenoxy) is 1. The molecule has 0 radical (unpaired) electrons. The van der Waals surface area contributed by atoms with E-state index in [0.717, 1.165) is 6.07 Å². The molecule has 1 aromatic heterocycles. The second-order valence-electron chi connectivity index (χ2n) is 3.73. The first kappa shape index (κ1) is 14.2. The lowest BCUT2D eigenvalue weighted by Gasteiger charge is -2.07. The Labute approximate surface area is 121 Å². The fraction of sp³-hybridized carbons (Fsp3) is 0.0833. The summed E-state index contributed by atoms with van der Waals surface area (Å²) in [7, 11) is 1.58. The number of aromatic nitrogens is 1. The molecule has 0 atom stereocenters. The van der Waals surface area contributed by atoms with Gasteiger partial charge in [-0.05, 0) is 28.1 Å². The molecule has 0 saturated heterocycles. The van der Waals surface area contributed by atoms with Crippen molar-refractivity contribution in [2.75, 3.05) is 12.4 Å². The van der Waals surface area contributed by atoms with Gasteiger partial charge in [0.25, 0.3) is 5.69 Å². The van der Waals surface area contributed by atoms with Gasteiger partial charge in [-0.3, -0.25) is 10.1 Å². The van der Waals surface area contributed by atoms with Crippen LogP contribution in [0.3, 0.4) is 0 Å². The van der Waals surface area contributed by atoms with E-state index >= 15 is 0 Å². The molecule has 0 aliphatic heterocycles. The predicted molar refractivity (Wildman–Crippen MR) is 74.6 cm³/mol. The molecule has 0 unspecified atom stereocenters. The zero-order valence-electron chi connectivity index (χ0n) is 10.3. The highest BCUT2D eigenvalue weighted by molar-refractivity contribution is 9.10. The summed E-state index contributed by atoms with van der Waals surface area (Å²) >= 11 is 3.02. The zero-order valence-corrected chi connectivity index (χ0v) is 11.8. The van der Waals surface area contributed by atoms with Crippen molar-refractivity contribution >= 4 is 27.4 Å². The van der Waals surface area contributed by atoms with Crippen molar-refractivity contribution in [3.05, 3.63) is 50.7 Å². The number of anilines is 1. The van der Waals surface area contributed by atoms with E-state index in [4.69, 9.17) is 4.74 Å². The van der Waals surface area contributed by atoms with Gasteiger partial charge in [-0.2, -0.15) is 4.98 Å². The normalized spacial score (nSPS) is 10.2. The van der Waals surface area contributed by atoms with E-state index in [1.165, 1.54) is 24.3 Å². The van der Waals surface area contributed by atoms with Crippen LogP contribution in [0, 0.1) is 15.9 Å². The number of nitrogens with one attached hydrogen (secondary N) is 1. The summed E-state index contributed by atoms with van der Waals surface area (Å²) in [5.41, 5.74) is -0.170. The molecular formula is C12H9BrFN3O3. The third-order valence-corrected chi connectivity index (χ3v) is 3.01. The molecule has 0 amide bonds. The molecule has 20 heavy (non-hydrogen) atoms. The van der Waals surface area contributed by atoms with Gasteiger partial charge in [-0.25, -0.2) is 4.39 Å². The van der Waals surface area contributed by atoms with Gasteiger partial charge < -0.3 is 10.1 Å². The molecule has 0 aliphatic rings. The van der Waals surface area contributed by atoms with Crippen LogP contribution < -0.4 is 10.1 Å². The molecule has 8 heteroatoms. The van der Waals surface area contributed by atoms with Crippen molar-refractivity contribution < 1.29 is 14.1 Å². The molecular weight excluding hydrogens is 333 g/mol. The lowest BCUT2D eigenvalue weighted by Crippen LogP contribution is -1.98. The van der Waals surface area contributed by atoms with Gasteiger partial charge in [-0.1, -0.05) is 0 Å². The highest BCUT2D eigenvalue weighted by Crippen LogP contribution is 2.28. The standard InChI is InChI=1S/C12H9BrFN3O3/c1-15-11-4-7(17(18)19)5-12(16-11)20-8-2-3-9(13)10(14)6-8/h2-6H,1H3,(H,15,16). The summed E-state index contributed by atoms with van der Waals surface area (Å²) in [4.78, 5) is 14.3. The largest absolute Gasteiger partial charge is 0.439 e. The van der Waals surface area contributed by atoms with Crippen molar-refractivity contribution in [1.29, 1.82) is 0 Å². The Hall–Kier alpha value is -2.22. The van der Waals surface area contributed by atoms with Gasteiger partial charge in [0.05, 0.1) is 21.5 Å². The Morgan fingerprint density at radius 3 is 2.75 bits per heavy atom. The summed E-state index contributed by atoms with van der Waals surface area (Å²) in [6.07, 6.45) is 0. The Kier molecular flexibility index (Phi) is 4.14. The Morgan fingerprint density at radius 2 is 2.15 bits per heavy atom. The summed E-state index contributed by atoms with van der Waals surface area (Å²) in [5.74, 6) is -0.0143. The minimum absolute atomic E-state index is 0.00488. The molecule has 1 N–H and O–H groups in total. The van der Waals surface area contributed by atoms with E-state index in [1.807, 2.05) is 0 Å². The number of benzene rings is 1. The van der Waals surface area contributed by atoms with E-state index in [1.54, 1.807) is 7.05 Å². The Balaban J connectivity index is 2.34. The smallest absolute Gasteiger partial charge is 0.278 e. The molecule has 1 aromatic carbocycles. The number of hydrogen-bond donors (Lipinski definition) is 1. The fourth-order valence-electron chi connectivity index (χ4n) is 1.44. The van der Waals surface area contributed by atoms with Crippen LogP contribution >= 0.6 is 15.9 Å². The number of hydrogen-bond acceptors (Lipinski definition) is 5. The lowest BCUT2D eigenvalue weighted by molar-refractivity contribution is -0.384. The lowest BCUT2D eigenvalue weighted by atomic mass is 10.3. The molecule has 2 aromatic rings. The van der Waals surface area contributed by atoms with Crippen molar-refractivity contribution in [1.82, 2.24) is 4.98 Å². The summed E-state index contributed by atoms with van der Waals surface area (Å²) in [6, 6.07) is 6.59. The van der Waals surface area contributed by atoms with Crippen molar-refractivity contribution in [2.24, 2.45) is 0 Å². The third-order valence-electron chi connectivity index (χ3n) is 2.37. The number of nitro groups is 1. The maximum Gasteiger partial charge on any atom is 0.278 e. The first-order valence-corrected chi connectivity index (χ1v) is 6.26. The van der Waals surface area contributed by atoms with Gasteiger partial charge in [-0.15, -0.1) is 0 Å². The maximum absolute atomic E-state index is 13.4. The first-order valence-electron chi connectivity index (χ1n) is 5.46. The predicted octanol–water partition coefficient (Wildman–Crippen LogP) is 3.73. The van der Waals surface area contributed by atoms with Crippen LogP contribution in [-0.4, -0.2) is 17.0 Å².